The normalized spacial score (nSPS) is 10.5. The third-order valence-electron chi connectivity index (χ3n) is 2.49. The fourth-order valence-electron chi connectivity index (χ4n) is 1.76. The van der Waals surface area contributed by atoms with Crippen LogP contribution in [0.2, 0.25) is 0 Å². The maximum atomic E-state index is 11.0. The highest BCUT2D eigenvalue weighted by atomic mass is 16.5. The van der Waals surface area contributed by atoms with Gasteiger partial charge in [-0.1, -0.05) is 0 Å². The molecule has 0 amide bonds. The van der Waals surface area contributed by atoms with Gasteiger partial charge in [0.1, 0.15) is 5.75 Å². The lowest BCUT2D eigenvalue weighted by atomic mass is 10.0. The smallest absolute Gasteiger partial charge is 0.336 e. The van der Waals surface area contributed by atoms with E-state index in [0.717, 1.165) is 10.9 Å². The third-order valence-corrected chi connectivity index (χ3v) is 2.49. The van der Waals surface area contributed by atoms with Gasteiger partial charge in [0, 0.05) is 22.7 Å². The van der Waals surface area contributed by atoms with Crippen molar-refractivity contribution in [2.75, 3.05) is 7.11 Å². The Hall–Kier alpha value is -1.97. The fourth-order valence-corrected chi connectivity index (χ4v) is 1.76. The molecule has 0 aliphatic rings. The molecule has 1 heterocycles. The summed E-state index contributed by atoms with van der Waals surface area (Å²) in [7, 11) is 1.54. The van der Waals surface area contributed by atoms with Crippen molar-refractivity contribution in [3.8, 4) is 5.75 Å². The van der Waals surface area contributed by atoms with Gasteiger partial charge in [-0.05, 0) is 19.1 Å². The topological polar surface area (TPSA) is 62.3 Å². The molecule has 0 fully saturated rings. The fraction of sp³-hybridized carbons (Fsp3) is 0.182. The van der Waals surface area contributed by atoms with E-state index in [9.17, 15) is 4.79 Å². The monoisotopic (exact) mass is 205 g/mol. The Morgan fingerprint density at radius 1 is 1.53 bits per heavy atom. The molecule has 78 valence electrons. The minimum atomic E-state index is -0.942. The number of rotatable bonds is 2. The number of aromatic carboxylic acids is 1. The molecular weight excluding hydrogens is 194 g/mol. The Morgan fingerprint density at radius 2 is 2.27 bits per heavy atom. The van der Waals surface area contributed by atoms with Crippen LogP contribution < -0.4 is 4.74 Å². The van der Waals surface area contributed by atoms with Crippen LogP contribution >= 0.6 is 0 Å². The predicted octanol–water partition coefficient (Wildman–Crippen LogP) is 2.18. The summed E-state index contributed by atoms with van der Waals surface area (Å²) in [6.45, 7) is 1.74. The number of benzene rings is 1. The average Bonchev–Trinajstić information content (AvgIpc) is 2.64. The molecule has 0 aliphatic heterocycles. The van der Waals surface area contributed by atoms with Crippen molar-refractivity contribution in [1.82, 2.24) is 4.98 Å². The Kier molecular flexibility index (Phi) is 2.11. The lowest BCUT2D eigenvalue weighted by Crippen LogP contribution is -2.01. The molecule has 1 aromatic heterocycles. The molecule has 2 N–H and O–H groups in total. The van der Waals surface area contributed by atoms with E-state index >= 15 is 0 Å². The molecule has 4 heteroatoms. The molecule has 2 aromatic rings. The summed E-state index contributed by atoms with van der Waals surface area (Å²) in [4.78, 5) is 14.0. The van der Waals surface area contributed by atoms with Crippen LogP contribution in [0, 0.1) is 6.92 Å². The number of fused-ring (bicyclic) bond motifs is 1. The maximum Gasteiger partial charge on any atom is 0.336 e. The van der Waals surface area contributed by atoms with Crippen molar-refractivity contribution in [2.24, 2.45) is 0 Å². The minimum Gasteiger partial charge on any atom is -0.496 e. The number of ether oxygens (including phenoxy) is 1. The zero-order valence-corrected chi connectivity index (χ0v) is 8.50. The lowest BCUT2D eigenvalue weighted by Gasteiger charge is -2.09. The van der Waals surface area contributed by atoms with E-state index in [0.29, 0.717) is 11.3 Å². The summed E-state index contributed by atoms with van der Waals surface area (Å²) >= 11 is 0. The number of carboxylic acids is 1. The molecule has 0 bridgehead atoms. The molecule has 0 saturated heterocycles. The molecule has 15 heavy (non-hydrogen) atoms. The second-order valence-electron chi connectivity index (χ2n) is 3.33. The third kappa shape index (κ3) is 1.34. The highest BCUT2D eigenvalue weighted by Crippen LogP contribution is 2.31. The first-order valence-electron chi connectivity index (χ1n) is 4.53. The molecular formula is C11H11NO3. The number of hydrogen-bond donors (Lipinski definition) is 2. The van der Waals surface area contributed by atoms with E-state index in [4.69, 9.17) is 9.84 Å². The Labute approximate surface area is 86.5 Å². The number of H-pyrrole nitrogens is 1. The van der Waals surface area contributed by atoms with E-state index in [2.05, 4.69) is 4.98 Å². The average molecular weight is 205 g/mol. The second-order valence-corrected chi connectivity index (χ2v) is 3.33. The predicted molar refractivity (Wildman–Crippen MR) is 56.5 cm³/mol. The van der Waals surface area contributed by atoms with Crippen LogP contribution in [0.25, 0.3) is 10.9 Å². The summed E-state index contributed by atoms with van der Waals surface area (Å²) in [6.07, 6.45) is 1.76. The molecule has 4 nitrogen and oxygen atoms in total. The SMILES string of the molecule is COc1c(C)c(C(=O)O)cc2[nH]ccc12. The van der Waals surface area contributed by atoms with Gasteiger partial charge in [-0.25, -0.2) is 4.79 Å². The van der Waals surface area contributed by atoms with Crippen molar-refractivity contribution in [3.05, 3.63) is 29.5 Å². The summed E-state index contributed by atoms with van der Waals surface area (Å²) in [5.41, 5.74) is 1.69. The number of aromatic amines is 1. The van der Waals surface area contributed by atoms with Crippen LogP contribution in [-0.2, 0) is 0 Å². The zero-order valence-electron chi connectivity index (χ0n) is 8.50. The highest BCUT2D eigenvalue weighted by Gasteiger charge is 2.15. The maximum absolute atomic E-state index is 11.0. The molecule has 1 aromatic carbocycles. The first-order chi connectivity index (χ1) is 7.15. The van der Waals surface area contributed by atoms with Crippen molar-refractivity contribution in [3.63, 3.8) is 0 Å². The highest BCUT2D eigenvalue weighted by molar-refractivity contribution is 5.98. The van der Waals surface area contributed by atoms with Crippen LogP contribution in [0.15, 0.2) is 18.3 Å². The molecule has 0 aliphatic carbocycles. The van der Waals surface area contributed by atoms with Crippen molar-refractivity contribution >= 4 is 16.9 Å². The summed E-state index contributed by atoms with van der Waals surface area (Å²) < 4.78 is 5.22. The van der Waals surface area contributed by atoms with Gasteiger partial charge >= 0.3 is 5.97 Å². The quantitative estimate of drug-likeness (QED) is 0.789. The lowest BCUT2D eigenvalue weighted by molar-refractivity contribution is 0.0696. The largest absolute Gasteiger partial charge is 0.496 e. The van der Waals surface area contributed by atoms with E-state index in [1.807, 2.05) is 6.07 Å². The molecule has 0 atom stereocenters. The second kappa shape index (κ2) is 3.31. The van der Waals surface area contributed by atoms with E-state index in [1.54, 1.807) is 26.3 Å². The number of aromatic nitrogens is 1. The Bertz CT molecular complexity index is 528. The summed E-state index contributed by atoms with van der Waals surface area (Å²) in [5, 5.41) is 9.92. The molecule has 2 rings (SSSR count). The molecule has 0 unspecified atom stereocenters. The Balaban J connectivity index is 2.85. The Morgan fingerprint density at radius 3 is 2.87 bits per heavy atom. The van der Waals surface area contributed by atoms with Crippen molar-refractivity contribution < 1.29 is 14.6 Å². The molecule has 0 radical (unpaired) electrons. The van der Waals surface area contributed by atoms with Crippen LogP contribution in [0.1, 0.15) is 15.9 Å². The first-order valence-corrected chi connectivity index (χ1v) is 4.53. The summed E-state index contributed by atoms with van der Waals surface area (Å²) in [5.74, 6) is -0.326. The number of nitrogens with one attached hydrogen (secondary N) is 1. The zero-order chi connectivity index (χ0) is 11.0. The minimum absolute atomic E-state index is 0.266. The van der Waals surface area contributed by atoms with Gasteiger partial charge in [0.2, 0.25) is 0 Å². The van der Waals surface area contributed by atoms with Crippen LogP contribution in [0.5, 0.6) is 5.75 Å². The van der Waals surface area contributed by atoms with E-state index < -0.39 is 5.97 Å². The van der Waals surface area contributed by atoms with Crippen molar-refractivity contribution in [1.29, 1.82) is 0 Å². The van der Waals surface area contributed by atoms with Gasteiger partial charge in [0.25, 0.3) is 0 Å². The van der Waals surface area contributed by atoms with E-state index in [-0.39, 0.29) is 5.56 Å². The van der Waals surface area contributed by atoms with Gasteiger partial charge in [-0.3, -0.25) is 0 Å². The summed E-state index contributed by atoms with van der Waals surface area (Å²) in [6, 6.07) is 3.49. The van der Waals surface area contributed by atoms with Gasteiger partial charge < -0.3 is 14.8 Å². The first kappa shape index (κ1) is 9.58. The van der Waals surface area contributed by atoms with Crippen LogP contribution in [0.4, 0.5) is 0 Å². The van der Waals surface area contributed by atoms with Crippen LogP contribution in [0.3, 0.4) is 0 Å². The number of carboxylic acid groups (broad SMARTS) is 1. The molecule has 0 saturated carbocycles. The number of methoxy groups -OCH3 is 1. The van der Waals surface area contributed by atoms with E-state index in [1.165, 1.54) is 0 Å². The standard InChI is InChI=1S/C11H11NO3/c1-6-8(11(13)14)5-9-7(3-4-12-9)10(6)15-2/h3-5,12H,1-2H3,(H,13,14). The number of hydrogen-bond acceptors (Lipinski definition) is 2. The number of carbonyl (C=O) groups is 1. The van der Waals surface area contributed by atoms with Crippen molar-refractivity contribution in [2.45, 2.75) is 6.92 Å². The van der Waals surface area contributed by atoms with Gasteiger partial charge in [0.05, 0.1) is 12.7 Å². The molecule has 0 spiro atoms. The van der Waals surface area contributed by atoms with Gasteiger partial charge in [-0.2, -0.15) is 0 Å². The van der Waals surface area contributed by atoms with Gasteiger partial charge in [0.15, 0.2) is 0 Å². The van der Waals surface area contributed by atoms with Gasteiger partial charge in [-0.15, -0.1) is 0 Å². The van der Waals surface area contributed by atoms with Crippen LogP contribution in [-0.4, -0.2) is 23.2 Å².